The zero-order valence-electron chi connectivity index (χ0n) is 8.61. The molecule has 1 aliphatic carbocycles. The summed E-state index contributed by atoms with van der Waals surface area (Å²) in [6.07, 6.45) is 1.76. The Morgan fingerprint density at radius 1 is 1.38 bits per heavy atom. The predicted molar refractivity (Wildman–Crippen MR) is 52.2 cm³/mol. The predicted octanol–water partition coefficient (Wildman–Crippen LogP) is 1.87. The van der Waals surface area contributed by atoms with Crippen molar-refractivity contribution in [1.82, 2.24) is 5.32 Å². The Kier molecular flexibility index (Phi) is 1.76. The van der Waals surface area contributed by atoms with Crippen molar-refractivity contribution in [1.29, 1.82) is 0 Å². The Morgan fingerprint density at radius 2 is 2.08 bits per heavy atom. The molecule has 2 nitrogen and oxygen atoms in total. The van der Waals surface area contributed by atoms with E-state index < -0.39 is 0 Å². The van der Waals surface area contributed by atoms with Crippen molar-refractivity contribution in [3.05, 3.63) is 11.3 Å². The van der Waals surface area contributed by atoms with Gasteiger partial charge in [-0.1, -0.05) is 20.8 Å². The molecule has 2 aliphatic rings. The first-order chi connectivity index (χ1) is 5.99. The quantitative estimate of drug-likeness (QED) is 0.615. The van der Waals surface area contributed by atoms with Crippen LogP contribution in [0.4, 0.5) is 0 Å². The van der Waals surface area contributed by atoms with Gasteiger partial charge in [0.25, 0.3) is 0 Å². The zero-order chi connectivity index (χ0) is 9.64. The number of rotatable bonds is 0. The van der Waals surface area contributed by atoms with Gasteiger partial charge in [-0.25, -0.2) is 0 Å². The Hall–Kier alpha value is -0.790. The molecule has 1 atom stereocenters. The lowest BCUT2D eigenvalue weighted by Gasteiger charge is -2.29. The summed E-state index contributed by atoms with van der Waals surface area (Å²) in [5, 5.41) is 3.35. The van der Waals surface area contributed by atoms with Crippen molar-refractivity contribution in [3.8, 4) is 0 Å². The van der Waals surface area contributed by atoms with E-state index in [4.69, 9.17) is 0 Å². The Bertz CT molecular complexity index is 288. The van der Waals surface area contributed by atoms with Crippen molar-refractivity contribution in [2.24, 2.45) is 11.3 Å². The first-order valence-electron chi connectivity index (χ1n) is 5.00. The summed E-state index contributed by atoms with van der Waals surface area (Å²) in [6.45, 7) is 7.41. The largest absolute Gasteiger partial charge is 0.387 e. The monoisotopic (exact) mass is 179 g/mol. The molecular weight excluding hydrogens is 162 g/mol. The average Bonchev–Trinajstić information content (AvgIpc) is 2.28. The van der Waals surface area contributed by atoms with Gasteiger partial charge in [0.2, 0.25) is 0 Å². The van der Waals surface area contributed by atoms with Gasteiger partial charge in [-0.05, 0) is 11.8 Å². The fourth-order valence-electron chi connectivity index (χ4n) is 2.44. The molecule has 0 bridgehead atoms. The van der Waals surface area contributed by atoms with E-state index in [-0.39, 0.29) is 5.41 Å². The van der Waals surface area contributed by atoms with Crippen LogP contribution in [0.25, 0.3) is 0 Å². The Morgan fingerprint density at radius 3 is 2.77 bits per heavy atom. The highest BCUT2D eigenvalue weighted by molar-refractivity contribution is 5.98. The molecule has 1 heterocycles. The van der Waals surface area contributed by atoms with Crippen LogP contribution in [0.1, 0.15) is 33.6 Å². The molecule has 0 amide bonds. The van der Waals surface area contributed by atoms with E-state index in [2.05, 4.69) is 26.1 Å². The minimum absolute atomic E-state index is 0.160. The van der Waals surface area contributed by atoms with E-state index in [1.165, 1.54) is 5.70 Å². The highest BCUT2D eigenvalue weighted by atomic mass is 16.1. The second-order valence-electron chi connectivity index (χ2n) is 5.12. The summed E-state index contributed by atoms with van der Waals surface area (Å²) in [5.74, 6) is 0.794. The lowest BCUT2D eigenvalue weighted by Crippen LogP contribution is -2.27. The van der Waals surface area contributed by atoms with E-state index in [0.29, 0.717) is 11.7 Å². The fourth-order valence-corrected chi connectivity index (χ4v) is 2.44. The highest BCUT2D eigenvalue weighted by Gasteiger charge is 2.37. The third kappa shape index (κ3) is 1.38. The SMILES string of the molecule is CC1CNC2=C1C(=O)CC(C)(C)C2. The molecule has 0 aromatic carbocycles. The minimum Gasteiger partial charge on any atom is -0.387 e. The second kappa shape index (κ2) is 2.60. The lowest BCUT2D eigenvalue weighted by atomic mass is 9.75. The lowest BCUT2D eigenvalue weighted by molar-refractivity contribution is -0.118. The number of carbonyl (C=O) groups is 1. The molecule has 0 aromatic rings. The summed E-state index contributed by atoms with van der Waals surface area (Å²) in [7, 11) is 0. The Balaban J connectivity index is 2.35. The molecule has 2 heteroatoms. The number of allylic oxidation sites excluding steroid dienone is 1. The van der Waals surface area contributed by atoms with Crippen LogP contribution in [-0.2, 0) is 4.79 Å². The Labute approximate surface area is 79.4 Å². The van der Waals surface area contributed by atoms with Crippen LogP contribution in [0.3, 0.4) is 0 Å². The average molecular weight is 179 g/mol. The molecule has 13 heavy (non-hydrogen) atoms. The third-order valence-electron chi connectivity index (χ3n) is 3.03. The van der Waals surface area contributed by atoms with Gasteiger partial charge in [-0.2, -0.15) is 0 Å². The molecule has 0 saturated carbocycles. The molecule has 1 unspecified atom stereocenters. The molecular formula is C11H17NO. The van der Waals surface area contributed by atoms with Crippen molar-refractivity contribution >= 4 is 5.78 Å². The maximum Gasteiger partial charge on any atom is 0.161 e. The maximum absolute atomic E-state index is 11.8. The van der Waals surface area contributed by atoms with Crippen molar-refractivity contribution < 1.29 is 4.79 Å². The van der Waals surface area contributed by atoms with Crippen LogP contribution in [-0.4, -0.2) is 12.3 Å². The summed E-state index contributed by atoms with van der Waals surface area (Å²) < 4.78 is 0. The van der Waals surface area contributed by atoms with Gasteiger partial charge in [0.15, 0.2) is 5.78 Å². The van der Waals surface area contributed by atoms with Gasteiger partial charge in [-0.3, -0.25) is 4.79 Å². The highest BCUT2D eigenvalue weighted by Crippen LogP contribution is 2.40. The van der Waals surface area contributed by atoms with Gasteiger partial charge in [0.05, 0.1) is 0 Å². The molecule has 0 spiro atoms. The molecule has 2 rings (SSSR count). The number of Topliss-reactive ketones (excluding diaryl/α,β-unsaturated/α-hetero) is 1. The number of hydrogen-bond donors (Lipinski definition) is 1. The van der Waals surface area contributed by atoms with Gasteiger partial charge in [0.1, 0.15) is 0 Å². The van der Waals surface area contributed by atoms with E-state index in [0.717, 1.165) is 25.0 Å². The second-order valence-corrected chi connectivity index (χ2v) is 5.12. The molecule has 0 aromatic heterocycles. The molecule has 1 N–H and O–H groups in total. The third-order valence-corrected chi connectivity index (χ3v) is 3.03. The standard InChI is InChI=1S/C11H17NO/c1-7-6-12-8-4-11(2,3)5-9(13)10(7)8/h7,12H,4-6H2,1-3H3. The van der Waals surface area contributed by atoms with Crippen molar-refractivity contribution in [2.45, 2.75) is 33.6 Å². The smallest absolute Gasteiger partial charge is 0.161 e. The fraction of sp³-hybridized carbons (Fsp3) is 0.727. The van der Waals surface area contributed by atoms with E-state index in [1.54, 1.807) is 0 Å². The topological polar surface area (TPSA) is 29.1 Å². The number of hydrogen-bond acceptors (Lipinski definition) is 2. The number of carbonyl (C=O) groups excluding carboxylic acids is 1. The summed E-state index contributed by atoms with van der Waals surface area (Å²) in [4.78, 5) is 11.8. The summed E-state index contributed by atoms with van der Waals surface area (Å²) >= 11 is 0. The maximum atomic E-state index is 11.8. The van der Waals surface area contributed by atoms with Gasteiger partial charge < -0.3 is 5.32 Å². The first kappa shape index (κ1) is 8.79. The van der Waals surface area contributed by atoms with Crippen LogP contribution < -0.4 is 5.32 Å². The number of ketones is 1. The normalized spacial score (nSPS) is 31.6. The molecule has 0 fully saturated rings. The van der Waals surface area contributed by atoms with Crippen LogP contribution in [0, 0.1) is 11.3 Å². The van der Waals surface area contributed by atoms with Crippen LogP contribution in [0.15, 0.2) is 11.3 Å². The van der Waals surface area contributed by atoms with Crippen molar-refractivity contribution in [3.63, 3.8) is 0 Å². The van der Waals surface area contributed by atoms with E-state index in [1.807, 2.05) is 0 Å². The number of nitrogens with one attached hydrogen (secondary N) is 1. The van der Waals surface area contributed by atoms with E-state index >= 15 is 0 Å². The summed E-state index contributed by atoms with van der Waals surface area (Å²) in [5.41, 5.74) is 2.46. The first-order valence-corrected chi connectivity index (χ1v) is 5.00. The van der Waals surface area contributed by atoms with Crippen LogP contribution in [0.5, 0.6) is 0 Å². The van der Waals surface area contributed by atoms with Gasteiger partial charge >= 0.3 is 0 Å². The van der Waals surface area contributed by atoms with Gasteiger partial charge in [-0.15, -0.1) is 0 Å². The zero-order valence-corrected chi connectivity index (χ0v) is 8.61. The van der Waals surface area contributed by atoms with Gasteiger partial charge in [0, 0.05) is 30.2 Å². The van der Waals surface area contributed by atoms with Crippen LogP contribution in [0.2, 0.25) is 0 Å². The summed E-state index contributed by atoms with van der Waals surface area (Å²) in [6, 6.07) is 0. The molecule has 72 valence electrons. The molecule has 1 aliphatic heterocycles. The van der Waals surface area contributed by atoms with Crippen LogP contribution >= 0.6 is 0 Å². The molecule has 0 saturated heterocycles. The molecule has 0 radical (unpaired) electrons. The van der Waals surface area contributed by atoms with Crippen molar-refractivity contribution in [2.75, 3.05) is 6.54 Å². The van der Waals surface area contributed by atoms with E-state index in [9.17, 15) is 4.79 Å². The minimum atomic E-state index is 0.160.